The molecule has 0 spiro atoms. The Morgan fingerprint density at radius 3 is 2.57 bits per heavy atom. The molecule has 7 nitrogen and oxygen atoms in total. The van der Waals surface area contributed by atoms with E-state index in [1.54, 1.807) is 6.07 Å². The van der Waals surface area contributed by atoms with E-state index < -0.39 is 0 Å². The SMILES string of the molecule is CCOC(=O)C1CCC(Nc2ccc(CN3CCCCC3)cc2[N+](=O)[O-])CC1. The lowest BCUT2D eigenvalue weighted by atomic mass is 9.86. The summed E-state index contributed by atoms with van der Waals surface area (Å²) in [6, 6.07) is 5.70. The van der Waals surface area contributed by atoms with Crippen molar-refractivity contribution < 1.29 is 14.5 Å². The van der Waals surface area contributed by atoms with E-state index in [4.69, 9.17) is 4.74 Å². The number of nitrogens with one attached hydrogen (secondary N) is 1. The number of carbonyl (C=O) groups is 1. The van der Waals surface area contributed by atoms with Crippen LogP contribution in [0.4, 0.5) is 11.4 Å². The van der Waals surface area contributed by atoms with Crippen molar-refractivity contribution in [2.45, 2.75) is 64.5 Å². The van der Waals surface area contributed by atoms with Crippen molar-refractivity contribution in [1.29, 1.82) is 0 Å². The molecule has 0 radical (unpaired) electrons. The summed E-state index contributed by atoms with van der Waals surface area (Å²) >= 11 is 0. The molecule has 2 aliphatic rings. The van der Waals surface area contributed by atoms with E-state index in [1.807, 2.05) is 19.1 Å². The lowest BCUT2D eigenvalue weighted by molar-refractivity contribution is -0.384. The first-order chi connectivity index (χ1) is 13.6. The van der Waals surface area contributed by atoms with Gasteiger partial charge in [-0.3, -0.25) is 19.8 Å². The quantitative estimate of drug-likeness (QED) is 0.429. The Kier molecular flexibility index (Phi) is 7.25. The molecule has 2 fully saturated rings. The predicted molar refractivity (Wildman–Crippen MR) is 108 cm³/mol. The number of anilines is 1. The molecule has 1 N–H and O–H groups in total. The Morgan fingerprint density at radius 2 is 1.93 bits per heavy atom. The first-order valence-electron chi connectivity index (χ1n) is 10.5. The second-order valence-corrected chi connectivity index (χ2v) is 7.89. The largest absolute Gasteiger partial charge is 0.466 e. The number of esters is 1. The molecule has 0 aromatic heterocycles. The third-order valence-corrected chi connectivity index (χ3v) is 5.82. The third-order valence-electron chi connectivity index (χ3n) is 5.82. The van der Waals surface area contributed by atoms with Crippen LogP contribution in [-0.2, 0) is 16.1 Å². The molecule has 0 bridgehead atoms. The molecule has 1 aliphatic heterocycles. The topological polar surface area (TPSA) is 84.7 Å². The molecule has 0 unspecified atom stereocenters. The first kappa shape index (κ1) is 20.6. The molecular weight excluding hydrogens is 358 g/mol. The summed E-state index contributed by atoms with van der Waals surface area (Å²) in [5.41, 5.74) is 1.71. The first-order valence-corrected chi connectivity index (χ1v) is 10.5. The summed E-state index contributed by atoms with van der Waals surface area (Å²) < 4.78 is 5.11. The van der Waals surface area contributed by atoms with Gasteiger partial charge in [-0.2, -0.15) is 0 Å². The van der Waals surface area contributed by atoms with Crippen molar-refractivity contribution in [3.8, 4) is 0 Å². The van der Waals surface area contributed by atoms with Crippen molar-refractivity contribution >= 4 is 17.3 Å². The van der Waals surface area contributed by atoms with E-state index in [0.717, 1.165) is 50.9 Å². The van der Waals surface area contributed by atoms with Crippen molar-refractivity contribution in [2.24, 2.45) is 5.92 Å². The fourth-order valence-corrected chi connectivity index (χ4v) is 4.28. The number of ether oxygens (including phenoxy) is 1. The second-order valence-electron chi connectivity index (χ2n) is 7.89. The fraction of sp³-hybridized carbons (Fsp3) is 0.667. The zero-order chi connectivity index (χ0) is 19.9. The highest BCUT2D eigenvalue weighted by molar-refractivity contribution is 5.72. The van der Waals surface area contributed by atoms with Crippen molar-refractivity contribution in [2.75, 3.05) is 25.0 Å². The van der Waals surface area contributed by atoms with Crippen molar-refractivity contribution in [3.05, 3.63) is 33.9 Å². The van der Waals surface area contributed by atoms with Crippen LogP contribution >= 0.6 is 0 Å². The molecule has 1 aromatic carbocycles. The third kappa shape index (κ3) is 5.44. The smallest absolute Gasteiger partial charge is 0.308 e. The van der Waals surface area contributed by atoms with E-state index in [9.17, 15) is 14.9 Å². The van der Waals surface area contributed by atoms with Crippen LogP contribution in [0.1, 0.15) is 57.4 Å². The van der Waals surface area contributed by atoms with E-state index in [-0.39, 0.29) is 28.5 Å². The van der Waals surface area contributed by atoms with Gasteiger partial charge in [0, 0.05) is 18.7 Å². The molecule has 3 rings (SSSR count). The summed E-state index contributed by atoms with van der Waals surface area (Å²) in [5, 5.41) is 15.0. The van der Waals surface area contributed by atoms with Crippen molar-refractivity contribution in [3.63, 3.8) is 0 Å². The predicted octanol–water partition coefficient (Wildman–Crippen LogP) is 4.11. The van der Waals surface area contributed by atoms with Crippen LogP contribution in [0.3, 0.4) is 0 Å². The molecule has 1 aromatic rings. The van der Waals surface area contributed by atoms with Crippen LogP contribution in [-0.4, -0.2) is 41.5 Å². The van der Waals surface area contributed by atoms with Gasteiger partial charge in [0.15, 0.2) is 0 Å². The summed E-state index contributed by atoms with van der Waals surface area (Å²) in [5.74, 6) is -0.158. The number of hydrogen-bond donors (Lipinski definition) is 1. The molecule has 28 heavy (non-hydrogen) atoms. The maximum atomic E-state index is 11.9. The van der Waals surface area contributed by atoms with Gasteiger partial charge < -0.3 is 10.1 Å². The zero-order valence-electron chi connectivity index (χ0n) is 16.7. The van der Waals surface area contributed by atoms with Crippen LogP contribution < -0.4 is 5.32 Å². The molecule has 1 heterocycles. The minimum atomic E-state index is -0.299. The molecule has 0 atom stereocenters. The van der Waals surface area contributed by atoms with Crippen LogP contribution in [0.15, 0.2) is 18.2 Å². The number of nitro groups is 1. The highest BCUT2D eigenvalue weighted by Gasteiger charge is 2.28. The number of benzene rings is 1. The fourth-order valence-electron chi connectivity index (χ4n) is 4.28. The highest BCUT2D eigenvalue weighted by atomic mass is 16.6. The summed E-state index contributed by atoms with van der Waals surface area (Å²) in [7, 11) is 0. The van der Waals surface area contributed by atoms with E-state index in [1.165, 1.54) is 19.3 Å². The van der Waals surface area contributed by atoms with Gasteiger partial charge in [0.25, 0.3) is 5.69 Å². The van der Waals surface area contributed by atoms with E-state index in [0.29, 0.717) is 12.3 Å². The minimum Gasteiger partial charge on any atom is -0.466 e. The van der Waals surface area contributed by atoms with Gasteiger partial charge in [0.2, 0.25) is 0 Å². The number of nitro benzene ring substituents is 1. The lowest BCUT2D eigenvalue weighted by Gasteiger charge is -2.29. The van der Waals surface area contributed by atoms with E-state index in [2.05, 4.69) is 10.2 Å². The summed E-state index contributed by atoms with van der Waals surface area (Å²) in [6.07, 6.45) is 6.84. The Hall–Kier alpha value is -2.15. The second kappa shape index (κ2) is 9.87. The summed E-state index contributed by atoms with van der Waals surface area (Å²) in [4.78, 5) is 25.6. The standard InChI is InChI=1S/C21H31N3O4/c1-2-28-21(25)17-7-9-18(10-8-17)22-19-11-6-16(14-20(19)24(26)27)15-23-12-4-3-5-13-23/h6,11,14,17-18,22H,2-5,7-10,12-13,15H2,1H3. The van der Waals surface area contributed by atoms with Gasteiger partial charge >= 0.3 is 5.97 Å². The summed E-state index contributed by atoms with van der Waals surface area (Å²) in [6.45, 7) is 5.13. The Bertz CT molecular complexity index is 680. The average molecular weight is 389 g/mol. The molecule has 154 valence electrons. The van der Waals surface area contributed by atoms with Gasteiger partial charge in [-0.05, 0) is 70.2 Å². The van der Waals surface area contributed by atoms with E-state index >= 15 is 0 Å². The molecule has 1 aliphatic carbocycles. The average Bonchev–Trinajstić information content (AvgIpc) is 2.70. The number of carbonyl (C=O) groups excluding carboxylic acids is 1. The van der Waals surface area contributed by atoms with Gasteiger partial charge in [0.1, 0.15) is 5.69 Å². The number of rotatable bonds is 7. The van der Waals surface area contributed by atoms with Gasteiger partial charge in [0.05, 0.1) is 17.4 Å². The molecule has 7 heteroatoms. The van der Waals surface area contributed by atoms with Crippen LogP contribution in [0.25, 0.3) is 0 Å². The maximum absolute atomic E-state index is 11.9. The normalized spacial score (nSPS) is 23.2. The van der Waals surface area contributed by atoms with Crippen LogP contribution in [0, 0.1) is 16.0 Å². The number of nitrogens with zero attached hydrogens (tertiary/aromatic N) is 2. The van der Waals surface area contributed by atoms with Crippen LogP contribution in [0.5, 0.6) is 0 Å². The number of likely N-dealkylation sites (tertiary alicyclic amines) is 1. The number of piperidine rings is 1. The molecule has 1 saturated carbocycles. The lowest BCUT2D eigenvalue weighted by Crippen LogP contribution is -2.30. The van der Waals surface area contributed by atoms with Crippen molar-refractivity contribution in [1.82, 2.24) is 4.90 Å². The molecule has 1 saturated heterocycles. The van der Waals surface area contributed by atoms with Crippen LogP contribution in [0.2, 0.25) is 0 Å². The molecular formula is C21H31N3O4. The zero-order valence-corrected chi connectivity index (χ0v) is 16.7. The Morgan fingerprint density at radius 1 is 1.21 bits per heavy atom. The minimum absolute atomic E-state index is 0.0418. The van der Waals surface area contributed by atoms with Gasteiger partial charge in [-0.25, -0.2) is 0 Å². The van der Waals surface area contributed by atoms with Gasteiger partial charge in [-0.1, -0.05) is 12.5 Å². The van der Waals surface area contributed by atoms with Gasteiger partial charge in [-0.15, -0.1) is 0 Å². The maximum Gasteiger partial charge on any atom is 0.308 e. The highest BCUT2D eigenvalue weighted by Crippen LogP contribution is 2.32. The monoisotopic (exact) mass is 389 g/mol. The molecule has 0 amide bonds. The Balaban J connectivity index is 1.60. The Labute approximate surface area is 166 Å². The number of hydrogen-bond acceptors (Lipinski definition) is 6.